The molecular weight excluding hydrogens is 438 g/mol. The molecule has 0 aliphatic carbocycles. The maximum atomic E-state index is 12.4. The molecule has 0 saturated carbocycles. The van der Waals surface area contributed by atoms with Gasteiger partial charge in [-0.3, -0.25) is 4.79 Å². The minimum absolute atomic E-state index is 0.138. The Hall–Kier alpha value is -4.33. The highest BCUT2D eigenvalue weighted by Crippen LogP contribution is 2.26. The van der Waals surface area contributed by atoms with Crippen LogP contribution >= 0.6 is 0 Å². The summed E-state index contributed by atoms with van der Waals surface area (Å²) in [7, 11) is 0. The van der Waals surface area contributed by atoms with Crippen molar-refractivity contribution in [1.29, 1.82) is 0 Å². The van der Waals surface area contributed by atoms with Gasteiger partial charge in [0, 0.05) is 11.5 Å². The first kappa shape index (κ1) is 22.8. The highest BCUT2D eigenvalue weighted by Gasteiger charge is 2.16. The Bertz CT molecular complexity index is 1420. The highest BCUT2D eigenvalue weighted by atomic mass is 16.6. The molecule has 0 aliphatic heterocycles. The summed E-state index contributed by atoms with van der Waals surface area (Å²) >= 11 is 0. The number of esters is 1. The fraction of sp³-hybridized carbons (Fsp3) is 0.192. The minimum Gasteiger partial charge on any atom is -0.481 e. The maximum Gasteiger partial charge on any atom is 0.349 e. The van der Waals surface area contributed by atoms with E-state index in [0.717, 1.165) is 16.7 Å². The fourth-order valence-corrected chi connectivity index (χ4v) is 3.43. The molecule has 8 nitrogen and oxygen atoms in total. The van der Waals surface area contributed by atoms with Crippen molar-refractivity contribution in [2.45, 2.75) is 27.3 Å². The number of furan rings is 1. The number of aryl methyl sites for hydroxylation is 2. The number of fused-ring (bicyclic) bond motifs is 1. The summed E-state index contributed by atoms with van der Waals surface area (Å²) < 4.78 is 21.5. The second kappa shape index (κ2) is 9.66. The normalized spacial score (nSPS) is 10.8. The molecule has 2 heterocycles. The third-order valence-electron chi connectivity index (χ3n) is 5.39. The average Bonchev–Trinajstić information content (AvgIpc) is 3.33. The number of hydrogen-bond donors (Lipinski definition) is 1. The van der Waals surface area contributed by atoms with E-state index in [1.54, 1.807) is 24.3 Å². The highest BCUT2D eigenvalue weighted by molar-refractivity contribution is 5.96. The maximum absolute atomic E-state index is 12.4. The predicted molar refractivity (Wildman–Crippen MR) is 124 cm³/mol. The predicted octanol–water partition coefficient (Wildman–Crippen LogP) is 4.23. The van der Waals surface area contributed by atoms with Crippen LogP contribution in [0.3, 0.4) is 0 Å². The van der Waals surface area contributed by atoms with Crippen LogP contribution in [0.4, 0.5) is 0 Å². The third kappa shape index (κ3) is 5.01. The number of ether oxygens (including phenoxy) is 2. The van der Waals surface area contributed by atoms with Gasteiger partial charge in [-0.05, 0) is 67.8 Å². The fourth-order valence-electron chi connectivity index (χ4n) is 3.43. The van der Waals surface area contributed by atoms with Crippen LogP contribution in [0.15, 0.2) is 68.4 Å². The third-order valence-corrected chi connectivity index (χ3v) is 5.39. The first-order valence-corrected chi connectivity index (χ1v) is 10.6. The van der Waals surface area contributed by atoms with Crippen LogP contribution < -0.4 is 20.4 Å². The number of amides is 1. The molecule has 0 fully saturated rings. The van der Waals surface area contributed by atoms with Gasteiger partial charge in [-0.25, -0.2) is 9.59 Å². The SMILES string of the molecule is Cc1ccc(C)c(OCC(=O)Oc2ccc3cc(C(=O)NCc4ccco4)c(=O)oc3c2)c1C. The summed E-state index contributed by atoms with van der Waals surface area (Å²) in [6.07, 6.45) is 1.49. The summed E-state index contributed by atoms with van der Waals surface area (Å²) in [5, 5.41) is 3.11. The molecule has 0 saturated heterocycles. The quantitative estimate of drug-likeness (QED) is 0.249. The number of carbonyl (C=O) groups excluding carboxylic acids is 2. The molecule has 2 aromatic carbocycles. The lowest BCUT2D eigenvalue weighted by Gasteiger charge is -2.13. The molecule has 0 atom stereocenters. The Morgan fingerprint density at radius 1 is 1.00 bits per heavy atom. The van der Waals surface area contributed by atoms with Gasteiger partial charge in [0.2, 0.25) is 0 Å². The smallest absolute Gasteiger partial charge is 0.349 e. The van der Waals surface area contributed by atoms with Gasteiger partial charge in [0.25, 0.3) is 5.91 Å². The number of hydrogen-bond acceptors (Lipinski definition) is 7. The number of rotatable bonds is 7. The Balaban J connectivity index is 1.43. The van der Waals surface area contributed by atoms with Crippen molar-refractivity contribution in [3.8, 4) is 11.5 Å². The van der Waals surface area contributed by atoms with Crippen LogP contribution in [-0.2, 0) is 11.3 Å². The lowest BCUT2D eigenvalue weighted by Crippen LogP contribution is -2.27. The van der Waals surface area contributed by atoms with Crippen LogP contribution in [0.1, 0.15) is 32.8 Å². The molecule has 4 rings (SSSR count). The van der Waals surface area contributed by atoms with Gasteiger partial charge in [0.05, 0.1) is 12.8 Å². The average molecular weight is 461 g/mol. The van der Waals surface area contributed by atoms with Gasteiger partial charge in [-0.2, -0.15) is 0 Å². The summed E-state index contributed by atoms with van der Waals surface area (Å²) in [6, 6.07) is 13.3. The van der Waals surface area contributed by atoms with Crippen LogP contribution in [-0.4, -0.2) is 18.5 Å². The van der Waals surface area contributed by atoms with Crippen molar-refractivity contribution in [2.75, 3.05) is 6.61 Å². The van der Waals surface area contributed by atoms with Crippen LogP contribution in [0.2, 0.25) is 0 Å². The first-order chi connectivity index (χ1) is 16.3. The second-order valence-corrected chi connectivity index (χ2v) is 7.83. The lowest BCUT2D eigenvalue weighted by atomic mass is 10.1. The molecule has 1 amide bonds. The Morgan fingerprint density at radius 3 is 2.56 bits per heavy atom. The molecule has 0 aliphatic rings. The number of nitrogens with one attached hydrogen (secondary N) is 1. The molecule has 0 radical (unpaired) electrons. The summed E-state index contributed by atoms with van der Waals surface area (Å²) in [5.41, 5.74) is 2.19. The topological polar surface area (TPSA) is 108 Å². The van der Waals surface area contributed by atoms with Crippen LogP contribution in [0.25, 0.3) is 11.0 Å². The van der Waals surface area contributed by atoms with Crippen molar-refractivity contribution >= 4 is 22.8 Å². The molecule has 4 aromatic rings. The Kier molecular flexibility index (Phi) is 6.49. The van der Waals surface area contributed by atoms with Crippen molar-refractivity contribution < 1.29 is 27.9 Å². The summed E-state index contributed by atoms with van der Waals surface area (Å²) in [6.45, 7) is 5.67. The zero-order chi connectivity index (χ0) is 24.2. The Labute approximate surface area is 195 Å². The molecule has 34 heavy (non-hydrogen) atoms. The summed E-state index contributed by atoms with van der Waals surface area (Å²) in [4.78, 5) is 37.0. The van der Waals surface area contributed by atoms with Gasteiger partial charge in [0.1, 0.15) is 28.4 Å². The number of benzene rings is 2. The second-order valence-electron chi connectivity index (χ2n) is 7.83. The van der Waals surface area contributed by atoms with Gasteiger partial charge in [-0.15, -0.1) is 0 Å². The van der Waals surface area contributed by atoms with E-state index < -0.39 is 17.5 Å². The molecule has 0 spiro atoms. The molecule has 1 N–H and O–H groups in total. The minimum atomic E-state index is -0.804. The van der Waals surface area contributed by atoms with Crippen LogP contribution in [0.5, 0.6) is 11.5 Å². The molecule has 0 bridgehead atoms. The van der Waals surface area contributed by atoms with Gasteiger partial charge < -0.3 is 23.6 Å². The first-order valence-electron chi connectivity index (χ1n) is 10.6. The van der Waals surface area contributed by atoms with E-state index >= 15 is 0 Å². The largest absolute Gasteiger partial charge is 0.481 e. The molecule has 174 valence electrons. The summed E-state index contributed by atoms with van der Waals surface area (Å²) in [5.74, 6) is 0.218. The van der Waals surface area contributed by atoms with Gasteiger partial charge in [-0.1, -0.05) is 12.1 Å². The zero-order valence-electron chi connectivity index (χ0n) is 19.0. The van der Waals surface area contributed by atoms with Crippen molar-refractivity contribution in [1.82, 2.24) is 5.32 Å². The molecule has 2 aromatic heterocycles. The van der Waals surface area contributed by atoms with Gasteiger partial charge in [0.15, 0.2) is 6.61 Å². The number of carbonyl (C=O) groups is 2. The Morgan fingerprint density at radius 2 is 1.79 bits per heavy atom. The van der Waals surface area contributed by atoms with E-state index in [1.807, 2.05) is 32.9 Å². The van der Waals surface area contributed by atoms with Crippen molar-refractivity contribution in [2.24, 2.45) is 0 Å². The molecule has 8 heteroatoms. The zero-order valence-corrected chi connectivity index (χ0v) is 19.0. The van der Waals surface area contributed by atoms with E-state index in [0.29, 0.717) is 16.9 Å². The van der Waals surface area contributed by atoms with Crippen molar-refractivity contribution in [3.63, 3.8) is 0 Å². The van der Waals surface area contributed by atoms with E-state index in [9.17, 15) is 14.4 Å². The lowest BCUT2D eigenvalue weighted by molar-refractivity contribution is -0.136. The van der Waals surface area contributed by atoms with Gasteiger partial charge >= 0.3 is 11.6 Å². The standard InChI is InChI=1S/C26H23NO7/c1-15-6-7-16(2)24(17(15)3)32-14-23(28)33-19-9-8-18-11-21(26(30)34-22(18)12-19)25(29)27-13-20-5-4-10-31-20/h4-12H,13-14H2,1-3H3,(H,27,29). The monoisotopic (exact) mass is 461 g/mol. The van der Waals surface area contributed by atoms with E-state index in [4.69, 9.17) is 18.3 Å². The van der Waals surface area contributed by atoms with E-state index in [2.05, 4.69) is 5.32 Å². The van der Waals surface area contributed by atoms with E-state index in [-0.39, 0.29) is 30.0 Å². The molecule has 0 unspecified atom stereocenters. The van der Waals surface area contributed by atoms with E-state index in [1.165, 1.54) is 18.4 Å². The molecular formula is C26H23NO7. The van der Waals surface area contributed by atoms with Crippen molar-refractivity contribution in [3.05, 3.63) is 93.2 Å². The van der Waals surface area contributed by atoms with Crippen LogP contribution in [0, 0.1) is 20.8 Å².